The van der Waals surface area contributed by atoms with E-state index >= 15 is 0 Å². The molecule has 3 atom stereocenters. The second kappa shape index (κ2) is 8.81. The monoisotopic (exact) mass is 500 g/mol. The number of hydrogen-bond donors (Lipinski definition) is 1. The third-order valence-electron chi connectivity index (χ3n) is 5.83. The number of aliphatic imine (C=N–C) groups is 1. The number of amidine groups is 1. The van der Waals surface area contributed by atoms with Crippen LogP contribution in [0, 0.1) is 11.7 Å². The Morgan fingerprint density at radius 2 is 2.06 bits per heavy atom. The molecule has 2 aliphatic rings. The molecule has 2 N–H and O–H groups in total. The average molecular weight is 500 g/mol. The Balaban J connectivity index is 1.58. The Kier molecular flexibility index (Phi) is 6.32. The van der Waals surface area contributed by atoms with Gasteiger partial charge in [0, 0.05) is 18.6 Å². The van der Waals surface area contributed by atoms with E-state index in [4.69, 9.17) is 10.5 Å². The lowest BCUT2D eigenvalue weighted by Crippen LogP contribution is -2.37. The highest BCUT2D eigenvalue weighted by atomic mass is 32.2. The van der Waals surface area contributed by atoms with Gasteiger partial charge in [-0.25, -0.2) is 18.7 Å². The molecule has 0 spiro atoms. The van der Waals surface area contributed by atoms with E-state index in [-0.39, 0.29) is 27.8 Å². The Labute approximate surface area is 196 Å². The number of rotatable bonds is 7. The first-order valence-electron chi connectivity index (χ1n) is 10.2. The molecule has 1 saturated carbocycles. The lowest BCUT2D eigenvalue weighted by Gasteiger charge is -2.34. The number of fused-ring (bicyclic) bond motifs is 1. The largest absolute Gasteiger partial charge is 0.467 e. The van der Waals surface area contributed by atoms with Crippen molar-refractivity contribution in [3.8, 4) is 5.88 Å². The molecule has 1 aromatic carbocycles. The lowest BCUT2D eigenvalue weighted by atomic mass is 9.85. The van der Waals surface area contributed by atoms with Crippen LogP contribution in [0.5, 0.6) is 5.88 Å². The summed E-state index contributed by atoms with van der Waals surface area (Å²) in [7, 11) is 1.59. The van der Waals surface area contributed by atoms with Gasteiger partial charge in [0.25, 0.3) is 0 Å². The number of alkyl halides is 3. The molecule has 0 amide bonds. The lowest BCUT2D eigenvalue weighted by molar-refractivity contribution is -0.154. The van der Waals surface area contributed by atoms with Crippen LogP contribution in [-0.4, -0.2) is 46.4 Å². The van der Waals surface area contributed by atoms with E-state index in [9.17, 15) is 22.0 Å². The van der Waals surface area contributed by atoms with Crippen LogP contribution in [0.15, 0.2) is 35.6 Å². The number of benzene rings is 1. The summed E-state index contributed by atoms with van der Waals surface area (Å²) in [4.78, 5) is 11.9. The predicted molar refractivity (Wildman–Crippen MR) is 118 cm³/mol. The van der Waals surface area contributed by atoms with Gasteiger partial charge in [0.1, 0.15) is 11.5 Å². The van der Waals surface area contributed by atoms with Gasteiger partial charge in [0.15, 0.2) is 17.6 Å². The van der Waals surface area contributed by atoms with E-state index in [1.54, 1.807) is 14.0 Å². The van der Waals surface area contributed by atoms with Crippen LogP contribution >= 0.6 is 11.8 Å². The van der Waals surface area contributed by atoms with Crippen LogP contribution in [-0.2, 0) is 10.3 Å². The third kappa shape index (κ3) is 4.88. The van der Waals surface area contributed by atoms with E-state index in [0.29, 0.717) is 17.3 Å². The van der Waals surface area contributed by atoms with Crippen molar-refractivity contribution in [2.75, 3.05) is 20.3 Å². The highest BCUT2D eigenvalue weighted by Crippen LogP contribution is 2.65. The molecular formula is C22H21F5N4O2S. The van der Waals surface area contributed by atoms with Gasteiger partial charge in [-0.2, -0.15) is 13.2 Å². The molecule has 34 heavy (non-hydrogen) atoms. The van der Waals surface area contributed by atoms with E-state index < -0.39 is 30.0 Å². The van der Waals surface area contributed by atoms with Crippen molar-refractivity contribution in [1.29, 1.82) is 0 Å². The van der Waals surface area contributed by atoms with Crippen LogP contribution in [0.3, 0.4) is 0 Å². The number of halogens is 5. The topological polar surface area (TPSA) is 82.6 Å². The molecule has 6 nitrogen and oxygen atoms in total. The second-order valence-corrected chi connectivity index (χ2v) is 9.76. The summed E-state index contributed by atoms with van der Waals surface area (Å²) in [6.07, 6.45) is -0.802. The van der Waals surface area contributed by atoms with E-state index in [2.05, 4.69) is 19.7 Å². The van der Waals surface area contributed by atoms with Gasteiger partial charge in [0.05, 0.1) is 29.3 Å². The number of thioether (sulfide) groups is 1. The number of methoxy groups -OCH3 is 1. The number of hydrogen-bond acceptors (Lipinski definition) is 7. The first kappa shape index (κ1) is 24.4. The summed E-state index contributed by atoms with van der Waals surface area (Å²) in [5, 5.41) is 0.336. The first-order chi connectivity index (χ1) is 16.0. The van der Waals surface area contributed by atoms with E-state index in [0.717, 1.165) is 24.9 Å². The minimum atomic E-state index is -4.53. The molecule has 1 aliphatic heterocycles. The summed E-state index contributed by atoms with van der Waals surface area (Å²) >= 11 is 1.43. The zero-order valence-electron chi connectivity index (χ0n) is 18.2. The van der Waals surface area contributed by atoms with Crippen LogP contribution in [0.25, 0.3) is 11.9 Å². The minimum Gasteiger partial charge on any atom is -0.467 e. The molecule has 0 saturated heterocycles. The summed E-state index contributed by atoms with van der Waals surface area (Å²) in [6.45, 7) is 0.717. The molecule has 12 heteroatoms. The predicted octanol–water partition coefficient (Wildman–Crippen LogP) is 4.71. The number of nitrogens with two attached hydrogens (primary N) is 1. The second-order valence-electron chi connectivity index (χ2n) is 8.33. The van der Waals surface area contributed by atoms with Crippen LogP contribution < -0.4 is 10.5 Å². The summed E-state index contributed by atoms with van der Waals surface area (Å²) in [5.41, 5.74) is 5.52. The minimum absolute atomic E-state index is 0.00839. The van der Waals surface area contributed by atoms with Gasteiger partial charge in [-0.1, -0.05) is 17.8 Å². The Morgan fingerprint density at radius 3 is 2.71 bits per heavy atom. The summed E-state index contributed by atoms with van der Waals surface area (Å²) < 4.78 is 75.9. The number of aromatic nitrogens is 2. The van der Waals surface area contributed by atoms with Crippen LogP contribution in [0.4, 0.5) is 22.0 Å². The molecule has 1 aromatic heterocycles. The molecule has 182 valence electrons. The van der Waals surface area contributed by atoms with Gasteiger partial charge in [-0.05, 0) is 37.1 Å². The quantitative estimate of drug-likeness (QED) is 0.555. The van der Waals surface area contributed by atoms with Crippen LogP contribution in [0.2, 0.25) is 0 Å². The maximum absolute atomic E-state index is 14.9. The molecule has 2 heterocycles. The fraction of sp³-hybridized carbons (Fsp3) is 0.409. The third-order valence-corrected chi connectivity index (χ3v) is 7.10. The SMILES string of the molecule is COC[C@]12C[C@H]1[C@@](C)(c1cc(/C=C(\F)c3cnc(OCC(F)(F)F)cn3)ccc1F)N=C(N)S2. The van der Waals surface area contributed by atoms with Crippen molar-refractivity contribution >= 4 is 28.8 Å². The van der Waals surface area contributed by atoms with Gasteiger partial charge < -0.3 is 15.2 Å². The Hall–Kier alpha value is -2.73. The molecule has 0 unspecified atom stereocenters. The standard InChI is InChI=1S/C22H21F5N4O2S/c1-20(17-7-21(17,10-32-2)34-19(28)31-20)13-5-12(3-4-14(13)23)6-15(24)16-8-30-18(9-29-16)33-11-22(25,26)27/h3-6,8-9,17H,7,10-11H2,1-2H3,(H2,28,31)/b15-6-/t17-,20+,21+/m0/s1. The van der Waals surface area contributed by atoms with Crippen molar-refractivity contribution in [3.05, 3.63) is 53.2 Å². The van der Waals surface area contributed by atoms with Crippen molar-refractivity contribution in [2.45, 2.75) is 29.8 Å². The summed E-state index contributed by atoms with van der Waals surface area (Å²) in [5.74, 6) is -1.70. The average Bonchev–Trinajstić information content (AvgIpc) is 3.48. The highest BCUT2D eigenvalue weighted by molar-refractivity contribution is 8.15. The fourth-order valence-corrected chi connectivity index (χ4v) is 5.69. The summed E-state index contributed by atoms with van der Waals surface area (Å²) in [6, 6.07) is 4.13. The molecule has 4 rings (SSSR count). The zero-order chi connectivity index (χ0) is 24.7. The van der Waals surface area contributed by atoms with Crippen molar-refractivity contribution in [3.63, 3.8) is 0 Å². The smallest absolute Gasteiger partial charge is 0.422 e. The Bertz CT molecular complexity index is 1140. The maximum Gasteiger partial charge on any atom is 0.422 e. The molecule has 1 fully saturated rings. The van der Waals surface area contributed by atoms with Gasteiger partial charge >= 0.3 is 6.18 Å². The first-order valence-corrected chi connectivity index (χ1v) is 11.0. The molecule has 0 radical (unpaired) electrons. The normalized spacial score (nSPS) is 26.6. The van der Waals surface area contributed by atoms with E-state index in [1.165, 1.54) is 30.0 Å². The Morgan fingerprint density at radius 1 is 1.29 bits per heavy atom. The number of nitrogens with zero attached hydrogens (tertiary/aromatic N) is 3. The number of ether oxygens (including phenoxy) is 2. The molecule has 0 bridgehead atoms. The molecule has 1 aliphatic carbocycles. The van der Waals surface area contributed by atoms with Crippen molar-refractivity contribution < 1.29 is 31.4 Å². The zero-order valence-corrected chi connectivity index (χ0v) is 19.0. The van der Waals surface area contributed by atoms with Crippen LogP contribution in [0.1, 0.15) is 30.2 Å². The maximum atomic E-state index is 14.9. The van der Waals surface area contributed by atoms with Crippen molar-refractivity contribution in [2.24, 2.45) is 16.6 Å². The van der Waals surface area contributed by atoms with Gasteiger partial charge in [-0.3, -0.25) is 4.99 Å². The molecular weight excluding hydrogens is 479 g/mol. The van der Waals surface area contributed by atoms with Crippen molar-refractivity contribution in [1.82, 2.24) is 9.97 Å². The highest BCUT2D eigenvalue weighted by Gasteiger charge is 2.66. The van der Waals surface area contributed by atoms with E-state index in [1.807, 2.05) is 0 Å². The van der Waals surface area contributed by atoms with Gasteiger partial charge in [0.2, 0.25) is 5.88 Å². The molecule has 2 aromatic rings. The van der Waals surface area contributed by atoms with Gasteiger partial charge in [-0.15, -0.1) is 0 Å². The fourth-order valence-electron chi connectivity index (χ4n) is 4.24.